The standard InChI is InChI=1S/C17H26N2O2S2/c1-2-3-10-23-19-16(11-22-23)15-6-4-14(5-7-15)8-9-17(18,12-20)13-21/h4-7,11,20-21H,2-3,8-10,12-13,18H2,1H3. The van der Waals surface area contributed by atoms with E-state index in [1.807, 2.05) is 10.8 Å². The molecule has 4 N–H and O–H groups in total. The normalized spacial score (nSPS) is 17.9. The van der Waals surface area contributed by atoms with Gasteiger partial charge in [0.05, 0.1) is 24.4 Å². The first kappa shape index (κ1) is 18.7. The van der Waals surface area contributed by atoms with Gasteiger partial charge in [0.1, 0.15) is 0 Å². The van der Waals surface area contributed by atoms with Crippen molar-refractivity contribution in [3.8, 4) is 0 Å². The Bertz CT molecular complexity index is 566. The second-order valence-corrected chi connectivity index (χ2v) is 9.34. The molecule has 1 heterocycles. The van der Waals surface area contributed by atoms with Crippen LogP contribution in [0.2, 0.25) is 0 Å². The Morgan fingerprint density at radius 1 is 1.22 bits per heavy atom. The third kappa shape index (κ3) is 5.43. The van der Waals surface area contributed by atoms with Crippen LogP contribution in [0.1, 0.15) is 37.3 Å². The molecule has 23 heavy (non-hydrogen) atoms. The Morgan fingerprint density at radius 3 is 2.52 bits per heavy atom. The van der Waals surface area contributed by atoms with Crippen molar-refractivity contribution in [2.75, 3.05) is 19.0 Å². The first-order valence-electron chi connectivity index (χ1n) is 8.00. The number of nitrogens with two attached hydrogens (primary N) is 1. The Morgan fingerprint density at radius 2 is 1.91 bits per heavy atom. The minimum absolute atomic E-state index is 0.0962. The maximum absolute atomic E-state index is 9.23. The molecule has 2 rings (SSSR count). The molecule has 1 aliphatic heterocycles. The number of nitrogens with zero attached hydrogens (tertiary/aromatic N) is 1. The van der Waals surface area contributed by atoms with E-state index in [9.17, 15) is 10.2 Å². The lowest BCUT2D eigenvalue weighted by Crippen LogP contribution is -2.47. The Hall–Kier alpha value is -0.660. The fourth-order valence-electron chi connectivity index (χ4n) is 2.18. The van der Waals surface area contributed by atoms with Crippen LogP contribution in [-0.4, -0.2) is 34.7 Å². The van der Waals surface area contributed by atoms with E-state index in [-0.39, 0.29) is 22.9 Å². The third-order valence-electron chi connectivity index (χ3n) is 3.93. The molecule has 4 nitrogen and oxygen atoms in total. The van der Waals surface area contributed by atoms with Gasteiger partial charge in [-0.05, 0) is 34.5 Å². The minimum Gasteiger partial charge on any atom is -0.394 e. The van der Waals surface area contributed by atoms with Crippen LogP contribution in [0, 0.1) is 0 Å². The second-order valence-electron chi connectivity index (χ2n) is 5.95. The lowest BCUT2D eigenvalue weighted by molar-refractivity contribution is 0.115. The van der Waals surface area contributed by atoms with E-state index in [0.717, 1.165) is 23.2 Å². The average molecular weight is 355 g/mol. The monoisotopic (exact) mass is 354 g/mol. The average Bonchev–Trinajstić information content (AvgIpc) is 3.07. The highest BCUT2D eigenvalue weighted by Gasteiger charge is 2.22. The summed E-state index contributed by atoms with van der Waals surface area (Å²) in [4.78, 5) is 0. The van der Waals surface area contributed by atoms with Gasteiger partial charge in [-0.2, -0.15) is 0 Å². The van der Waals surface area contributed by atoms with Crippen LogP contribution in [0.4, 0.5) is 0 Å². The summed E-state index contributed by atoms with van der Waals surface area (Å²) in [6, 6.07) is 8.34. The fraction of sp³-hybridized carbons (Fsp3) is 0.529. The van der Waals surface area contributed by atoms with Gasteiger partial charge in [-0.25, -0.2) is 4.36 Å². The molecule has 1 atom stereocenters. The summed E-state index contributed by atoms with van der Waals surface area (Å²) in [5, 5.41) is 20.6. The van der Waals surface area contributed by atoms with Gasteiger partial charge in [0.25, 0.3) is 0 Å². The second kappa shape index (κ2) is 8.99. The van der Waals surface area contributed by atoms with Gasteiger partial charge >= 0.3 is 0 Å². The number of rotatable bonds is 9. The summed E-state index contributed by atoms with van der Waals surface area (Å²) in [6.45, 7) is 1.80. The van der Waals surface area contributed by atoms with E-state index in [4.69, 9.17) is 10.1 Å². The largest absolute Gasteiger partial charge is 0.394 e. The van der Waals surface area contributed by atoms with E-state index in [1.54, 1.807) is 0 Å². The van der Waals surface area contributed by atoms with Crippen LogP contribution in [0.15, 0.2) is 34.0 Å². The summed E-state index contributed by atoms with van der Waals surface area (Å²) >= 11 is 0. The molecule has 0 spiro atoms. The number of unbranched alkanes of at least 4 members (excludes halogenated alkanes) is 1. The fourth-order valence-corrected chi connectivity index (χ4v) is 5.40. The van der Waals surface area contributed by atoms with Crippen LogP contribution < -0.4 is 5.73 Å². The van der Waals surface area contributed by atoms with Crippen LogP contribution >= 0.6 is 10.8 Å². The van der Waals surface area contributed by atoms with Gasteiger partial charge in [0.2, 0.25) is 0 Å². The first-order chi connectivity index (χ1) is 11.1. The van der Waals surface area contributed by atoms with E-state index in [0.29, 0.717) is 6.42 Å². The summed E-state index contributed by atoms with van der Waals surface area (Å²) in [5.41, 5.74) is 8.39. The number of benzene rings is 1. The van der Waals surface area contributed by atoms with Gasteiger partial charge < -0.3 is 15.9 Å². The molecule has 0 saturated heterocycles. The molecule has 0 fully saturated rings. The first-order valence-corrected chi connectivity index (χ1v) is 10.7. The third-order valence-corrected chi connectivity index (χ3v) is 7.19. The molecule has 0 saturated carbocycles. The number of hydrogen-bond acceptors (Lipinski definition) is 5. The van der Waals surface area contributed by atoms with E-state index >= 15 is 0 Å². The molecule has 1 aromatic carbocycles. The lowest BCUT2D eigenvalue weighted by atomic mass is 9.93. The van der Waals surface area contributed by atoms with E-state index in [1.165, 1.54) is 18.6 Å². The molecule has 1 unspecified atom stereocenters. The molecule has 0 radical (unpaired) electrons. The van der Waals surface area contributed by atoms with Gasteiger partial charge in [0.15, 0.2) is 0 Å². The predicted octanol–water partition coefficient (Wildman–Crippen LogP) is 2.86. The molecule has 0 bridgehead atoms. The molecule has 1 aliphatic rings. The van der Waals surface area contributed by atoms with Crippen LogP contribution in [-0.2, 0) is 16.1 Å². The summed E-state index contributed by atoms with van der Waals surface area (Å²) in [5.74, 6) is 1.17. The summed E-state index contributed by atoms with van der Waals surface area (Å²) in [7, 11) is 1.93. The van der Waals surface area contributed by atoms with Crippen LogP contribution in [0.25, 0.3) is 5.70 Å². The van der Waals surface area contributed by atoms with E-state index < -0.39 is 5.54 Å². The van der Waals surface area contributed by atoms with Crippen LogP contribution in [0.3, 0.4) is 0 Å². The summed E-state index contributed by atoms with van der Waals surface area (Å²) < 4.78 is 4.80. The quantitative estimate of drug-likeness (QED) is 0.596. The molecular formula is C17H26N2O2S2. The van der Waals surface area contributed by atoms with Gasteiger partial charge in [-0.3, -0.25) is 0 Å². The van der Waals surface area contributed by atoms with Crippen molar-refractivity contribution < 1.29 is 10.2 Å². The number of aliphatic hydroxyl groups is 2. The van der Waals surface area contributed by atoms with Crippen molar-refractivity contribution in [1.82, 2.24) is 0 Å². The van der Waals surface area contributed by atoms with Crippen molar-refractivity contribution >= 4 is 26.2 Å². The molecular weight excluding hydrogens is 328 g/mol. The highest BCUT2D eigenvalue weighted by Crippen LogP contribution is 2.32. The minimum atomic E-state index is -0.897. The van der Waals surface area contributed by atoms with Crippen molar-refractivity contribution in [1.29, 1.82) is 0 Å². The topological polar surface area (TPSA) is 78.8 Å². The maximum Gasteiger partial charge on any atom is 0.0856 e. The van der Waals surface area contributed by atoms with E-state index in [2.05, 4.69) is 36.6 Å². The molecule has 0 aliphatic carbocycles. The van der Waals surface area contributed by atoms with Gasteiger partial charge in [-0.15, -0.1) is 0 Å². The number of aliphatic hydroxyl groups excluding tert-OH is 2. The molecule has 128 valence electrons. The van der Waals surface area contributed by atoms with Gasteiger partial charge in [0, 0.05) is 16.7 Å². The van der Waals surface area contributed by atoms with Crippen molar-refractivity contribution in [2.24, 2.45) is 10.1 Å². The number of aryl methyl sites for hydroxylation is 1. The predicted molar refractivity (Wildman–Crippen MR) is 101 cm³/mol. The SMILES string of the molecule is CCCCS1=NC(c2ccc(CCC(N)(CO)CO)cc2)=CS1. The molecule has 1 aromatic rings. The molecule has 6 heteroatoms. The van der Waals surface area contributed by atoms with Crippen molar-refractivity contribution in [3.05, 3.63) is 40.8 Å². The highest BCUT2D eigenvalue weighted by molar-refractivity contribution is 8.71. The van der Waals surface area contributed by atoms with Gasteiger partial charge in [-0.1, -0.05) is 48.4 Å². The Kier molecular flexibility index (Phi) is 7.30. The van der Waals surface area contributed by atoms with Crippen molar-refractivity contribution in [2.45, 2.75) is 38.1 Å². The van der Waals surface area contributed by atoms with Crippen LogP contribution in [0.5, 0.6) is 0 Å². The maximum atomic E-state index is 9.23. The lowest BCUT2D eigenvalue weighted by Gasteiger charge is -2.24. The Labute approximate surface area is 144 Å². The Balaban J connectivity index is 1.94. The molecule has 0 amide bonds. The number of hydrogen-bond donors (Lipinski definition) is 3. The zero-order valence-electron chi connectivity index (χ0n) is 13.6. The zero-order chi connectivity index (χ0) is 16.7. The highest BCUT2D eigenvalue weighted by atomic mass is 33.1. The van der Waals surface area contributed by atoms with Crippen molar-refractivity contribution in [3.63, 3.8) is 0 Å². The molecule has 0 aromatic heterocycles. The summed E-state index contributed by atoms with van der Waals surface area (Å²) in [6.07, 6.45) is 3.75. The zero-order valence-corrected chi connectivity index (χ0v) is 15.2. The smallest absolute Gasteiger partial charge is 0.0856 e.